The fourth-order valence-corrected chi connectivity index (χ4v) is 1.63. The third-order valence-corrected chi connectivity index (χ3v) is 2.64. The first-order valence-corrected chi connectivity index (χ1v) is 6.23. The lowest BCUT2D eigenvalue weighted by molar-refractivity contribution is -0.384. The van der Waals surface area contributed by atoms with Gasteiger partial charge in [0.2, 0.25) is 0 Å². The third-order valence-electron chi connectivity index (χ3n) is 2.64. The Morgan fingerprint density at radius 1 is 0.955 bits per heavy atom. The Morgan fingerprint density at radius 3 is 2.36 bits per heavy atom. The van der Waals surface area contributed by atoms with Crippen molar-refractivity contribution in [2.45, 2.75) is 0 Å². The van der Waals surface area contributed by atoms with Crippen LogP contribution in [0.5, 0.6) is 0 Å². The van der Waals surface area contributed by atoms with Crippen molar-refractivity contribution in [3.05, 3.63) is 70.3 Å². The molecule has 2 rings (SSSR count). The lowest BCUT2D eigenvalue weighted by atomic mass is 10.2. The van der Waals surface area contributed by atoms with Crippen molar-refractivity contribution in [3.8, 4) is 0 Å². The average molecular weight is 300 g/mol. The second-order valence-corrected chi connectivity index (χ2v) is 4.21. The molecule has 3 amide bonds. The summed E-state index contributed by atoms with van der Waals surface area (Å²) in [6, 6.07) is 13.1. The largest absolute Gasteiger partial charge is 0.337 e. The monoisotopic (exact) mass is 300 g/mol. The standard InChI is InChI=1S/C14H12N4O4/c19-13(10-5-2-1-3-6-10)16-17-14(20)15-11-7-4-8-12(9-11)18(21)22/h1-9H,(H,16,19)(H2,15,17,20). The number of urea groups is 1. The minimum atomic E-state index is -0.718. The van der Waals surface area contributed by atoms with Crippen molar-refractivity contribution in [2.75, 3.05) is 5.32 Å². The molecule has 2 aromatic carbocycles. The Labute approximate surface area is 125 Å². The van der Waals surface area contributed by atoms with E-state index >= 15 is 0 Å². The molecule has 22 heavy (non-hydrogen) atoms. The molecule has 112 valence electrons. The number of carbonyl (C=O) groups excluding carboxylic acids is 2. The van der Waals surface area contributed by atoms with E-state index < -0.39 is 16.9 Å². The van der Waals surface area contributed by atoms with Crippen LogP contribution in [0.25, 0.3) is 0 Å². The molecular weight excluding hydrogens is 288 g/mol. The number of carbonyl (C=O) groups is 2. The Bertz CT molecular complexity index is 703. The van der Waals surface area contributed by atoms with Gasteiger partial charge in [-0.05, 0) is 18.2 Å². The van der Waals surface area contributed by atoms with E-state index in [2.05, 4.69) is 16.2 Å². The van der Waals surface area contributed by atoms with Gasteiger partial charge in [-0.1, -0.05) is 24.3 Å². The number of hydrazine groups is 1. The number of hydrogen-bond donors (Lipinski definition) is 3. The molecule has 3 N–H and O–H groups in total. The van der Waals surface area contributed by atoms with Gasteiger partial charge >= 0.3 is 6.03 Å². The van der Waals surface area contributed by atoms with Crippen molar-refractivity contribution in [3.63, 3.8) is 0 Å². The van der Waals surface area contributed by atoms with Crippen LogP contribution in [0.4, 0.5) is 16.2 Å². The van der Waals surface area contributed by atoms with Crippen molar-refractivity contribution in [2.24, 2.45) is 0 Å². The summed E-state index contributed by atoms with van der Waals surface area (Å²) in [5, 5.41) is 13.0. The molecule has 8 nitrogen and oxygen atoms in total. The first-order valence-electron chi connectivity index (χ1n) is 6.23. The SMILES string of the molecule is O=C(NNC(=O)c1ccccc1)Nc1cccc([N+](=O)[O-])c1. The predicted molar refractivity (Wildman–Crippen MR) is 79.2 cm³/mol. The van der Waals surface area contributed by atoms with Crippen molar-refractivity contribution in [1.82, 2.24) is 10.9 Å². The molecule has 0 atom stereocenters. The van der Waals surface area contributed by atoms with E-state index in [0.717, 1.165) is 0 Å². The normalized spacial score (nSPS) is 9.64. The summed E-state index contributed by atoms with van der Waals surface area (Å²) in [7, 11) is 0. The molecule has 0 heterocycles. The molecule has 0 radical (unpaired) electrons. The van der Waals surface area contributed by atoms with Crippen molar-refractivity contribution >= 4 is 23.3 Å². The van der Waals surface area contributed by atoms with E-state index in [1.165, 1.54) is 24.3 Å². The predicted octanol–water partition coefficient (Wildman–Crippen LogP) is 2.06. The lowest BCUT2D eigenvalue weighted by Crippen LogP contribution is -2.43. The lowest BCUT2D eigenvalue weighted by Gasteiger charge is -2.08. The van der Waals surface area contributed by atoms with Crippen molar-refractivity contribution < 1.29 is 14.5 Å². The van der Waals surface area contributed by atoms with Crippen LogP contribution in [0.3, 0.4) is 0 Å². The molecule has 0 saturated heterocycles. The quantitative estimate of drug-likeness (QED) is 0.594. The molecule has 0 aliphatic heterocycles. The van der Waals surface area contributed by atoms with E-state index in [0.29, 0.717) is 5.56 Å². The topological polar surface area (TPSA) is 113 Å². The van der Waals surface area contributed by atoms with Gasteiger partial charge in [0.1, 0.15) is 0 Å². The van der Waals surface area contributed by atoms with Crippen LogP contribution in [0.15, 0.2) is 54.6 Å². The first kappa shape index (κ1) is 15.0. The zero-order valence-corrected chi connectivity index (χ0v) is 11.3. The zero-order valence-electron chi connectivity index (χ0n) is 11.3. The van der Waals surface area contributed by atoms with Crippen LogP contribution in [0.1, 0.15) is 10.4 Å². The highest BCUT2D eigenvalue weighted by Crippen LogP contribution is 2.16. The van der Waals surface area contributed by atoms with Gasteiger partial charge in [0.25, 0.3) is 11.6 Å². The molecular formula is C14H12N4O4. The molecule has 0 aliphatic rings. The Balaban J connectivity index is 1.89. The summed E-state index contributed by atoms with van der Waals surface area (Å²) in [5.74, 6) is -0.477. The van der Waals surface area contributed by atoms with Gasteiger partial charge in [0, 0.05) is 23.4 Å². The molecule has 0 unspecified atom stereocenters. The van der Waals surface area contributed by atoms with Gasteiger partial charge in [-0.3, -0.25) is 20.3 Å². The summed E-state index contributed by atoms with van der Waals surface area (Å²) >= 11 is 0. The summed E-state index contributed by atoms with van der Waals surface area (Å²) < 4.78 is 0. The minimum absolute atomic E-state index is 0.147. The number of anilines is 1. The fourth-order valence-electron chi connectivity index (χ4n) is 1.63. The number of non-ortho nitro benzene ring substituents is 1. The maximum atomic E-state index is 11.7. The molecule has 2 aromatic rings. The second kappa shape index (κ2) is 6.84. The van der Waals surface area contributed by atoms with Gasteiger partial charge in [0.15, 0.2) is 0 Å². The fraction of sp³-hybridized carbons (Fsp3) is 0. The smallest absolute Gasteiger partial charge is 0.306 e. The van der Waals surface area contributed by atoms with Crippen molar-refractivity contribution in [1.29, 1.82) is 0 Å². The number of rotatable bonds is 3. The van der Waals surface area contributed by atoms with Crippen LogP contribution < -0.4 is 16.2 Å². The number of nitro benzene ring substituents is 1. The van der Waals surface area contributed by atoms with E-state index in [-0.39, 0.29) is 11.4 Å². The highest BCUT2D eigenvalue weighted by atomic mass is 16.6. The first-order chi connectivity index (χ1) is 10.6. The van der Waals surface area contributed by atoms with E-state index in [1.54, 1.807) is 30.3 Å². The number of benzene rings is 2. The molecule has 0 saturated carbocycles. The molecule has 8 heteroatoms. The van der Waals surface area contributed by atoms with E-state index in [4.69, 9.17) is 0 Å². The number of nitrogens with zero attached hydrogens (tertiary/aromatic N) is 1. The van der Waals surface area contributed by atoms with Gasteiger partial charge in [-0.15, -0.1) is 0 Å². The highest BCUT2D eigenvalue weighted by molar-refractivity contribution is 5.97. The highest BCUT2D eigenvalue weighted by Gasteiger charge is 2.09. The Hall–Kier alpha value is -3.42. The summed E-state index contributed by atoms with van der Waals surface area (Å²) in [5.41, 5.74) is 4.86. The number of nitro groups is 1. The zero-order chi connectivity index (χ0) is 15.9. The molecule has 0 aromatic heterocycles. The van der Waals surface area contributed by atoms with Crippen LogP contribution in [0.2, 0.25) is 0 Å². The van der Waals surface area contributed by atoms with Gasteiger partial charge < -0.3 is 5.32 Å². The van der Waals surface area contributed by atoms with Crippen LogP contribution in [-0.2, 0) is 0 Å². The number of hydrogen-bond acceptors (Lipinski definition) is 4. The Morgan fingerprint density at radius 2 is 1.68 bits per heavy atom. The maximum absolute atomic E-state index is 11.7. The molecule has 0 aliphatic carbocycles. The third kappa shape index (κ3) is 4.04. The van der Waals surface area contributed by atoms with E-state index in [9.17, 15) is 19.7 Å². The summed E-state index contributed by atoms with van der Waals surface area (Å²) in [6.45, 7) is 0. The minimum Gasteiger partial charge on any atom is -0.306 e. The number of amides is 3. The van der Waals surface area contributed by atoms with Gasteiger partial charge in [-0.25, -0.2) is 10.2 Å². The Kier molecular flexibility index (Phi) is 4.66. The van der Waals surface area contributed by atoms with Crippen LogP contribution in [-0.4, -0.2) is 16.9 Å². The number of nitrogens with one attached hydrogen (secondary N) is 3. The van der Waals surface area contributed by atoms with E-state index in [1.807, 2.05) is 0 Å². The second-order valence-electron chi connectivity index (χ2n) is 4.21. The molecule has 0 bridgehead atoms. The summed E-state index contributed by atoms with van der Waals surface area (Å²) in [6.07, 6.45) is 0. The van der Waals surface area contributed by atoms with Crippen LogP contribution in [0, 0.1) is 10.1 Å². The van der Waals surface area contributed by atoms with Gasteiger partial charge in [0.05, 0.1) is 4.92 Å². The average Bonchev–Trinajstić information content (AvgIpc) is 2.53. The van der Waals surface area contributed by atoms with Gasteiger partial charge in [-0.2, -0.15) is 0 Å². The molecule has 0 spiro atoms. The maximum Gasteiger partial charge on any atom is 0.337 e. The van der Waals surface area contributed by atoms with Crippen LogP contribution >= 0.6 is 0 Å². The summed E-state index contributed by atoms with van der Waals surface area (Å²) in [4.78, 5) is 33.4. The molecule has 0 fully saturated rings.